The fourth-order valence-electron chi connectivity index (χ4n) is 1.32. The van der Waals surface area contributed by atoms with Crippen molar-refractivity contribution >= 4 is 5.97 Å². The van der Waals surface area contributed by atoms with Crippen LogP contribution in [0.4, 0.5) is 0 Å². The lowest BCUT2D eigenvalue weighted by molar-refractivity contribution is -0.154. The minimum atomic E-state index is -0.445. The summed E-state index contributed by atoms with van der Waals surface area (Å²) in [7, 11) is 0. The van der Waals surface area contributed by atoms with Gasteiger partial charge in [0.1, 0.15) is 5.60 Å². The maximum atomic E-state index is 11.5. The highest BCUT2D eigenvalue weighted by Gasteiger charge is 2.17. The Bertz CT molecular complexity index is 366. The van der Waals surface area contributed by atoms with Gasteiger partial charge in [0, 0.05) is 12.8 Å². The van der Waals surface area contributed by atoms with Gasteiger partial charge in [0.2, 0.25) is 5.89 Å². The lowest BCUT2D eigenvalue weighted by Gasteiger charge is -2.19. The third kappa shape index (κ3) is 5.47. The number of esters is 1. The maximum Gasteiger partial charge on any atom is 0.306 e. The number of hydrogen-bond donors (Lipinski definition) is 0. The lowest BCUT2D eigenvalue weighted by Crippen LogP contribution is -2.24. The van der Waals surface area contributed by atoms with Gasteiger partial charge in [-0.05, 0) is 27.2 Å². The number of ether oxygens (including phenoxy) is 1. The van der Waals surface area contributed by atoms with Crippen LogP contribution in [0.25, 0.3) is 0 Å². The van der Waals surface area contributed by atoms with Gasteiger partial charge in [-0.1, -0.05) is 12.1 Å². The highest BCUT2D eigenvalue weighted by molar-refractivity contribution is 5.70. The Morgan fingerprint density at radius 3 is 2.65 bits per heavy atom. The van der Waals surface area contributed by atoms with E-state index < -0.39 is 5.60 Å². The van der Waals surface area contributed by atoms with Gasteiger partial charge in [-0.2, -0.15) is 4.98 Å². The zero-order valence-corrected chi connectivity index (χ0v) is 10.9. The number of nitrogens with zero attached hydrogens (tertiary/aromatic N) is 2. The topological polar surface area (TPSA) is 65.2 Å². The zero-order chi connectivity index (χ0) is 12.9. The summed E-state index contributed by atoms with van der Waals surface area (Å²) in [6.45, 7) is 7.58. The summed E-state index contributed by atoms with van der Waals surface area (Å²) in [4.78, 5) is 15.6. The molecule has 0 fully saturated rings. The lowest BCUT2D eigenvalue weighted by atomic mass is 10.2. The van der Waals surface area contributed by atoms with E-state index in [0.717, 1.165) is 12.8 Å². The van der Waals surface area contributed by atoms with E-state index in [2.05, 4.69) is 17.1 Å². The number of carbonyl (C=O) groups is 1. The molecular formula is C12H20N2O3. The molecule has 1 heterocycles. The fourth-order valence-corrected chi connectivity index (χ4v) is 1.32. The molecule has 0 spiro atoms. The highest BCUT2D eigenvalue weighted by atomic mass is 16.6. The summed E-state index contributed by atoms with van der Waals surface area (Å²) in [6, 6.07) is 0. The average molecular weight is 240 g/mol. The Morgan fingerprint density at radius 2 is 2.06 bits per heavy atom. The van der Waals surface area contributed by atoms with Gasteiger partial charge < -0.3 is 9.26 Å². The largest absolute Gasteiger partial charge is 0.460 e. The van der Waals surface area contributed by atoms with E-state index in [1.165, 1.54) is 0 Å². The molecule has 17 heavy (non-hydrogen) atoms. The van der Waals surface area contributed by atoms with E-state index in [9.17, 15) is 4.79 Å². The number of aromatic nitrogens is 2. The van der Waals surface area contributed by atoms with Gasteiger partial charge in [0.15, 0.2) is 5.82 Å². The van der Waals surface area contributed by atoms with E-state index in [0.29, 0.717) is 18.1 Å². The predicted octanol–water partition coefficient (Wildman–Crippen LogP) is 2.30. The predicted molar refractivity (Wildman–Crippen MR) is 62.5 cm³/mol. The molecule has 1 aromatic rings. The Kier molecular flexibility index (Phi) is 4.66. The first kappa shape index (κ1) is 13.7. The van der Waals surface area contributed by atoms with Crippen molar-refractivity contribution in [3.05, 3.63) is 11.7 Å². The number of rotatable bonds is 5. The quantitative estimate of drug-likeness (QED) is 0.739. The van der Waals surface area contributed by atoms with E-state index >= 15 is 0 Å². The van der Waals surface area contributed by atoms with Crippen LogP contribution in [0, 0.1) is 0 Å². The number of aryl methyl sites for hydroxylation is 2. The molecule has 1 aromatic heterocycles. The number of carbonyl (C=O) groups excluding carboxylic acids is 1. The van der Waals surface area contributed by atoms with Crippen molar-refractivity contribution in [2.45, 2.75) is 59.0 Å². The Hall–Kier alpha value is -1.39. The molecule has 0 unspecified atom stereocenters. The SMILES string of the molecule is CCCc1noc(CCC(=O)OC(C)(C)C)n1. The number of hydrogen-bond acceptors (Lipinski definition) is 5. The van der Waals surface area contributed by atoms with Crippen LogP contribution in [0.2, 0.25) is 0 Å². The third-order valence-corrected chi connectivity index (χ3v) is 1.95. The van der Waals surface area contributed by atoms with E-state index in [1.54, 1.807) is 0 Å². The zero-order valence-electron chi connectivity index (χ0n) is 10.9. The molecule has 0 aromatic carbocycles. The fraction of sp³-hybridized carbons (Fsp3) is 0.750. The van der Waals surface area contributed by atoms with Gasteiger partial charge >= 0.3 is 5.97 Å². The van der Waals surface area contributed by atoms with Gasteiger partial charge in [-0.3, -0.25) is 4.79 Å². The van der Waals surface area contributed by atoms with Gasteiger partial charge in [-0.15, -0.1) is 0 Å². The molecule has 1 rings (SSSR count). The van der Waals surface area contributed by atoms with Gasteiger partial charge in [0.25, 0.3) is 0 Å². The molecule has 5 heteroatoms. The first-order valence-electron chi connectivity index (χ1n) is 5.94. The standard InChI is InChI=1S/C12H20N2O3/c1-5-6-9-13-10(17-14-9)7-8-11(15)16-12(2,3)4/h5-8H2,1-4H3. The highest BCUT2D eigenvalue weighted by Crippen LogP contribution is 2.10. The molecule has 0 saturated heterocycles. The first-order valence-corrected chi connectivity index (χ1v) is 5.94. The Morgan fingerprint density at radius 1 is 1.35 bits per heavy atom. The molecule has 96 valence electrons. The molecule has 0 amide bonds. The average Bonchev–Trinajstić information content (AvgIpc) is 2.61. The van der Waals surface area contributed by atoms with E-state index in [1.807, 2.05) is 20.8 Å². The van der Waals surface area contributed by atoms with Crippen LogP contribution in [0.5, 0.6) is 0 Å². The van der Waals surface area contributed by atoms with Crippen molar-refractivity contribution in [3.63, 3.8) is 0 Å². The van der Waals surface area contributed by atoms with Crippen LogP contribution >= 0.6 is 0 Å². The summed E-state index contributed by atoms with van der Waals surface area (Å²) in [5.41, 5.74) is -0.445. The molecule has 0 radical (unpaired) electrons. The second-order valence-electron chi connectivity index (χ2n) is 4.94. The van der Waals surface area contributed by atoms with Gasteiger partial charge in [0.05, 0.1) is 6.42 Å². The molecular weight excluding hydrogens is 220 g/mol. The normalized spacial score (nSPS) is 11.5. The minimum absolute atomic E-state index is 0.243. The smallest absolute Gasteiger partial charge is 0.306 e. The molecule has 0 aliphatic carbocycles. The minimum Gasteiger partial charge on any atom is -0.460 e. The van der Waals surface area contributed by atoms with Crippen LogP contribution < -0.4 is 0 Å². The summed E-state index contributed by atoms with van der Waals surface area (Å²) in [5.74, 6) is 0.957. The van der Waals surface area contributed by atoms with Crippen LogP contribution in [-0.4, -0.2) is 21.7 Å². The van der Waals surface area contributed by atoms with Crippen molar-refractivity contribution < 1.29 is 14.1 Å². The Balaban J connectivity index is 2.37. The third-order valence-electron chi connectivity index (χ3n) is 1.95. The van der Waals surface area contributed by atoms with Crippen LogP contribution in [-0.2, 0) is 22.4 Å². The summed E-state index contributed by atoms with van der Waals surface area (Å²) in [5, 5.41) is 3.82. The summed E-state index contributed by atoms with van der Waals surface area (Å²) >= 11 is 0. The second kappa shape index (κ2) is 5.80. The molecule has 0 aliphatic heterocycles. The van der Waals surface area contributed by atoms with Crippen LogP contribution in [0.15, 0.2) is 4.52 Å². The molecule has 0 aliphatic rings. The van der Waals surface area contributed by atoms with Crippen molar-refractivity contribution in [1.82, 2.24) is 10.1 Å². The summed E-state index contributed by atoms with van der Waals surface area (Å²) in [6.07, 6.45) is 2.48. The molecule has 0 N–H and O–H groups in total. The monoisotopic (exact) mass is 240 g/mol. The molecule has 0 atom stereocenters. The van der Waals surface area contributed by atoms with Crippen molar-refractivity contribution in [2.75, 3.05) is 0 Å². The molecule has 0 saturated carbocycles. The van der Waals surface area contributed by atoms with Crippen molar-refractivity contribution in [3.8, 4) is 0 Å². The van der Waals surface area contributed by atoms with Crippen LogP contribution in [0.1, 0.15) is 52.3 Å². The van der Waals surface area contributed by atoms with Crippen molar-refractivity contribution in [2.24, 2.45) is 0 Å². The first-order chi connectivity index (χ1) is 7.90. The molecule has 5 nitrogen and oxygen atoms in total. The van der Waals surface area contributed by atoms with E-state index in [-0.39, 0.29) is 12.4 Å². The van der Waals surface area contributed by atoms with Gasteiger partial charge in [-0.25, -0.2) is 0 Å². The molecule has 0 bridgehead atoms. The Labute approximate surface area is 102 Å². The van der Waals surface area contributed by atoms with Crippen molar-refractivity contribution in [1.29, 1.82) is 0 Å². The second-order valence-corrected chi connectivity index (χ2v) is 4.94. The summed E-state index contributed by atoms with van der Waals surface area (Å²) < 4.78 is 10.2. The van der Waals surface area contributed by atoms with E-state index in [4.69, 9.17) is 9.26 Å². The maximum absolute atomic E-state index is 11.5. The van der Waals surface area contributed by atoms with Crippen LogP contribution in [0.3, 0.4) is 0 Å².